The Kier molecular flexibility index (Phi) is 12.3. The fourth-order valence-electron chi connectivity index (χ4n) is 5.28. The molecule has 10 heteroatoms. The molecule has 0 radical (unpaired) electrons. The summed E-state index contributed by atoms with van der Waals surface area (Å²) < 4.78 is 45.4. The summed E-state index contributed by atoms with van der Waals surface area (Å²) in [7, 11) is 2.00. The van der Waals surface area contributed by atoms with Gasteiger partial charge in [-0.2, -0.15) is 13.2 Å². The summed E-state index contributed by atoms with van der Waals surface area (Å²) in [5.41, 5.74) is 3.57. The summed E-state index contributed by atoms with van der Waals surface area (Å²) in [6.07, 6.45) is -5.08. The minimum atomic E-state index is -4.93. The van der Waals surface area contributed by atoms with E-state index in [9.17, 15) is 27.9 Å². The van der Waals surface area contributed by atoms with E-state index in [0.29, 0.717) is 53.0 Å². The number of benzene rings is 4. The van der Waals surface area contributed by atoms with Gasteiger partial charge in [-0.3, -0.25) is 4.79 Å². The Morgan fingerprint density at radius 1 is 0.848 bits per heavy atom. The largest absolute Gasteiger partial charge is 0.492 e. The summed E-state index contributed by atoms with van der Waals surface area (Å²) in [4.78, 5) is 25.4. The molecular weight excluding hydrogens is 638 g/mol. The van der Waals surface area contributed by atoms with Gasteiger partial charge in [-0.05, 0) is 96.6 Å². The summed E-state index contributed by atoms with van der Waals surface area (Å²) >= 11 is 12.2. The third-order valence-electron chi connectivity index (χ3n) is 7.84. The van der Waals surface area contributed by atoms with Crippen LogP contribution in [0.25, 0.3) is 0 Å². The molecule has 242 valence electrons. The topological polar surface area (TPSA) is 66.8 Å². The van der Waals surface area contributed by atoms with E-state index >= 15 is 0 Å². The molecule has 5 nitrogen and oxygen atoms in total. The zero-order chi connectivity index (χ0) is 33.3. The summed E-state index contributed by atoms with van der Waals surface area (Å²) in [5, 5.41) is 10.6. The molecule has 0 saturated carbocycles. The number of halogens is 5. The number of carboxylic acids is 1. The fourth-order valence-corrected chi connectivity index (χ4v) is 5.53. The van der Waals surface area contributed by atoms with Crippen LogP contribution in [-0.2, 0) is 11.2 Å². The predicted octanol–water partition coefficient (Wildman–Crippen LogP) is 9.07. The van der Waals surface area contributed by atoms with Gasteiger partial charge in [0.1, 0.15) is 12.4 Å². The Morgan fingerprint density at radius 3 is 1.96 bits per heavy atom. The SMILES string of the molecule is CN(CCOc1ccc(C(CCc2cccc(C(=O)O)c2)CC(=O)C(F)(F)F)cc1)CC(c1ccc(Cl)cc1)c1ccc(Cl)cc1. The smallest absolute Gasteiger partial charge is 0.449 e. The zero-order valence-electron chi connectivity index (χ0n) is 25.1. The second-order valence-electron chi connectivity index (χ2n) is 11.2. The molecule has 0 aliphatic carbocycles. The number of ketones is 1. The predicted molar refractivity (Wildman–Crippen MR) is 174 cm³/mol. The van der Waals surface area contributed by atoms with Gasteiger partial charge in [0, 0.05) is 35.5 Å². The number of rotatable bonds is 15. The summed E-state index contributed by atoms with van der Waals surface area (Å²) in [6, 6.07) is 28.5. The van der Waals surface area contributed by atoms with E-state index in [2.05, 4.69) is 4.90 Å². The average molecular weight is 673 g/mol. The van der Waals surface area contributed by atoms with Crippen LogP contribution in [0.5, 0.6) is 5.75 Å². The van der Waals surface area contributed by atoms with E-state index in [4.69, 9.17) is 27.9 Å². The highest BCUT2D eigenvalue weighted by Crippen LogP contribution is 2.32. The number of carbonyl (C=O) groups excluding carboxylic acids is 1. The molecular formula is C36H34Cl2F3NO4. The quantitative estimate of drug-likeness (QED) is 0.137. The van der Waals surface area contributed by atoms with Crippen molar-refractivity contribution >= 4 is 35.0 Å². The lowest BCUT2D eigenvalue weighted by molar-refractivity contribution is -0.171. The Labute approximate surface area is 276 Å². The molecule has 1 N–H and O–H groups in total. The number of carboxylic acid groups (broad SMARTS) is 1. The first-order valence-electron chi connectivity index (χ1n) is 14.7. The average Bonchev–Trinajstić information content (AvgIpc) is 3.03. The number of likely N-dealkylation sites (N-methyl/N-ethyl adjacent to an activating group) is 1. The molecule has 0 amide bonds. The van der Waals surface area contributed by atoms with Gasteiger partial charge in [0.05, 0.1) is 5.56 Å². The van der Waals surface area contributed by atoms with Crippen molar-refractivity contribution in [3.63, 3.8) is 0 Å². The number of carbonyl (C=O) groups is 2. The zero-order valence-corrected chi connectivity index (χ0v) is 26.7. The molecule has 0 fully saturated rings. The fraction of sp³-hybridized carbons (Fsp3) is 0.278. The Balaban J connectivity index is 1.38. The Morgan fingerprint density at radius 2 is 1.41 bits per heavy atom. The second-order valence-corrected chi connectivity index (χ2v) is 12.1. The van der Waals surface area contributed by atoms with Gasteiger partial charge in [0.25, 0.3) is 0 Å². The number of nitrogens with zero attached hydrogens (tertiary/aromatic N) is 1. The maximum absolute atomic E-state index is 13.2. The van der Waals surface area contributed by atoms with Gasteiger partial charge in [-0.1, -0.05) is 71.7 Å². The second kappa shape index (κ2) is 16.1. The molecule has 4 rings (SSSR count). The number of hydrogen-bond acceptors (Lipinski definition) is 4. The monoisotopic (exact) mass is 671 g/mol. The van der Waals surface area contributed by atoms with Crippen LogP contribution in [0.3, 0.4) is 0 Å². The molecule has 0 heterocycles. The third-order valence-corrected chi connectivity index (χ3v) is 8.34. The number of aryl methyl sites for hydroxylation is 1. The lowest BCUT2D eigenvalue weighted by atomic mass is 9.88. The van der Waals surface area contributed by atoms with Crippen molar-refractivity contribution in [1.29, 1.82) is 0 Å². The molecule has 46 heavy (non-hydrogen) atoms. The molecule has 1 unspecified atom stereocenters. The lowest BCUT2D eigenvalue weighted by Gasteiger charge is -2.25. The van der Waals surface area contributed by atoms with Crippen molar-refractivity contribution in [2.75, 3.05) is 26.7 Å². The van der Waals surface area contributed by atoms with Crippen LogP contribution in [-0.4, -0.2) is 54.7 Å². The number of ether oxygens (including phenoxy) is 1. The van der Waals surface area contributed by atoms with Crippen LogP contribution in [0.1, 0.15) is 57.3 Å². The molecule has 0 bridgehead atoms. The summed E-state index contributed by atoms with van der Waals surface area (Å²) in [6.45, 7) is 1.69. The van der Waals surface area contributed by atoms with Gasteiger partial charge in [-0.15, -0.1) is 0 Å². The van der Waals surface area contributed by atoms with Crippen molar-refractivity contribution in [3.05, 3.63) is 135 Å². The first kappa shape index (κ1) is 35.0. The number of Topliss-reactive ketones (excluding diaryl/α,β-unsaturated/α-hetero) is 1. The van der Waals surface area contributed by atoms with Crippen molar-refractivity contribution in [3.8, 4) is 5.75 Å². The summed E-state index contributed by atoms with van der Waals surface area (Å²) in [5.74, 6) is -2.97. The van der Waals surface area contributed by atoms with E-state index in [1.54, 1.807) is 36.4 Å². The molecule has 0 aliphatic heterocycles. The first-order chi connectivity index (χ1) is 21.9. The Hall–Kier alpha value is -3.85. The van der Waals surface area contributed by atoms with Gasteiger partial charge in [0.15, 0.2) is 0 Å². The maximum Gasteiger partial charge on any atom is 0.449 e. The number of alkyl halides is 3. The van der Waals surface area contributed by atoms with Gasteiger partial charge < -0.3 is 14.7 Å². The highest BCUT2D eigenvalue weighted by molar-refractivity contribution is 6.30. The highest BCUT2D eigenvalue weighted by atomic mass is 35.5. The van der Waals surface area contributed by atoms with Crippen LogP contribution in [0.4, 0.5) is 13.2 Å². The van der Waals surface area contributed by atoms with E-state index < -0.39 is 30.3 Å². The molecule has 0 aromatic heterocycles. The van der Waals surface area contributed by atoms with Crippen molar-refractivity contribution in [1.82, 2.24) is 4.90 Å². The molecule has 4 aromatic rings. The van der Waals surface area contributed by atoms with Gasteiger partial charge in [0.2, 0.25) is 5.78 Å². The van der Waals surface area contributed by atoms with Crippen molar-refractivity contribution in [2.45, 2.75) is 37.3 Å². The highest BCUT2D eigenvalue weighted by Gasteiger charge is 2.39. The first-order valence-corrected chi connectivity index (χ1v) is 15.5. The van der Waals surface area contributed by atoms with Crippen molar-refractivity contribution < 1.29 is 32.6 Å². The van der Waals surface area contributed by atoms with Crippen LogP contribution in [0.15, 0.2) is 97.1 Å². The molecule has 0 spiro atoms. The maximum atomic E-state index is 13.2. The van der Waals surface area contributed by atoms with Crippen molar-refractivity contribution in [2.24, 2.45) is 0 Å². The van der Waals surface area contributed by atoms with Crippen LogP contribution in [0, 0.1) is 0 Å². The van der Waals surface area contributed by atoms with E-state index in [1.165, 1.54) is 12.1 Å². The van der Waals surface area contributed by atoms with E-state index in [1.807, 2.05) is 55.6 Å². The van der Waals surface area contributed by atoms with Crippen LogP contribution >= 0.6 is 23.2 Å². The Bertz CT molecular complexity index is 1550. The lowest BCUT2D eigenvalue weighted by Crippen LogP contribution is -2.29. The van der Waals surface area contributed by atoms with Gasteiger partial charge >= 0.3 is 12.1 Å². The normalized spacial score (nSPS) is 12.3. The molecule has 1 atom stereocenters. The van der Waals surface area contributed by atoms with Gasteiger partial charge in [-0.25, -0.2) is 4.79 Å². The van der Waals surface area contributed by atoms with Crippen LogP contribution < -0.4 is 4.74 Å². The minimum absolute atomic E-state index is 0.0711. The minimum Gasteiger partial charge on any atom is -0.492 e. The standard InChI is InChI=1S/C36H34Cl2F3NO4/c1-42(23-33(26-7-13-30(37)14-8-26)27-9-15-31(38)16-10-27)19-20-46-32-17-11-25(12-18-32)28(22-34(43)36(39,40)41)6-5-24-3-2-4-29(21-24)35(44)45/h2-4,7-18,21,28,33H,5-6,19-20,22-23H2,1H3,(H,44,45). The molecule has 0 saturated heterocycles. The number of aromatic carboxylic acids is 1. The third kappa shape index (κ3) is 10.3. The molecule has 4 aromatic carbocycles. The van der Waals surface area contributed by atoms with E-state index in [-0.39, 0.29) is 17.9 Å². The number of hydrogen-bond donors (Lipinski definition) is 1. The van der Waals surface area contributed by atoms with Crippen LogP contribution in [0.2, 0.25) is 10.0 Å². The van der Waals surface area contributed by atoms with E-state index in [0.717, 1.165) is 11.1 Å². The molecule has 0 aliphatic rings.